The van der Waals surface area contributed by atoms with Gasteiger partial charge in [-0.25, -0.2) is 14.4 Å². The maximum absolute atomic E-state index is 13.5. The van der Waals surface area contributed by atoms with Crippen molar-refractivity contribution < 1.29 is 4.39 Å². The van der Waals surface area contributed by atoms with Crippen molar-refractivity contribution in [3.63, 3.8) is 0 Å². The van der Waals surface area contributed by atoms with E-state index in [1.807, 2.05) is 0 Å². The van der Waals surface area contributed by atoms with Gasteiger partial charge in [0.25, 0.3) is 5.56 Å². The Bertz CT molecular complexity index is 1200. The van der Waals surface area contributed by atoms with Gasteiger partial charge >= 0.3 is 0 Å². The van der Waals surface area contributed by atoms with Crippen LogP contribution in [0.1, 0.15) is 24.8 Å². The third-order valence-corrected chi connectivity index (χ3v) is 5.49. The molecule has 32 heavy (non-hydrogen) atoms. The summed E-state index contributed by atoms with van der Waals surface area (Å²) in [5, 5.41) is 0. The fraction of sp³-hybridized carbons (Fsp3) is 0.304. The summed E-state index contributed by atoms with van der Waals surface area (Å²) in [6.07, 6.45) is 5.10. The third kappa shape index (κ3) is 4.83. The van der Waals surface area contributed by atoms with Crippen LogP contribution >= 0.6 is 0 Å². The molecule has 8 nitrogen and oxygen atoms in total. The van der Waals surface area contributed by atoms with Crippen molar-refractivity contribution in [1.29, 1.82) is 0 Å². The Morgan fingerprint density at radius 1 is 1.16 bits per heavy atom. The second kappa shape index (κ2) is 9.27. The maximum atomic E-state index is 13.5. The smallest absolute Gasteiger partial charge is 0.250 e. The first kappa shape index (κ1) is 21.6. The summed E-state index contributed by atoms with van der Waals surface area (Å²) in [6.45, 7) is 4.20. The fourth-order valence-corrected chi connectivity index (χ4v) is 3.89. The van der Waals surface area contributed by atoms with Gasteiger partial charge in [0.2, 0.25) is 5.95 Å². The monoisotopic (exact) mass is 435 g/mol. The molecule has 2 aromatic heterocycles. The van der Waals surface area contributed by atoms with Gasteiger partial charge in [0.05, 0.1) is 17.8 Å². The number of nitrogens with one attached hydrogen (secondary N) is 1. The number of benzene rings is 1. The number of likely N-dealkylation sites (tertiary alicyclic amines) is 1. The zero-order chi connectivity index (χ0) is 22.7. The molecule has 9 heteroatoms. The van der Waals surface area contributed by atoms with E-state index in [4.69, 9.17) is 11.5 Å². The molecule has 0 atom stereocenters. The van der Waals surface area contributed by atoms with Gasteiger partial charge < -0.3 is 16.5 Å². The number of hydrogen-bond donors (Lipinski definition) is 3. The molecule has 0 spiro atoms. The van der Waals surface area contributed by atoms with Crippen LogP contribution in [0.15, 0.2) is 46.3 Å². The molecule has 1 saturated heterocycles. The van der Waals surface area contributed by atoms with Gasteiger partial charge in [-0.3, -0.25) is 9.69 Å². The van der Waals surface area contributed by atoms with Gasteiger partial charge in [-0.2, -0.15) is 4.98 Å². The number of aromatic nitrogens is 3. The zero-order valence-corrected chi connectivity index (χ0v) is 17.9. The lowest BCUT2D eigenvalue weighted by Gasteiger charge is -2.25. The quantitative estimate of drug-likeness (QED) is 0.418. The molecule has 4 rings (SSSR count). The van der Waals surface area contributed by atoms with Crippen LogP contribution in [0.2, 0.25) is 0 Å². The van der Waals surface area contributed by atoms with E-state index in [1.165, 1.54) is 18.6 Å². The molecule has 166 valence electrons. The van der Waals surface area contributed by atoms with Gasteiger partial charge in [0.15, 0.2) is 5.82 Å². The summed E-state index contributed by atoms with van der Waals surface area (Å²) in [5.74, 6) is 0.384. The number of nitrogens with two attached hydrogens (primary N) is 2. The van der Waals surface area contributed by atoms with Gasteiger partial charge in [0.1, 0.15) is 11.7 Å². The Morgan fingerprint density at radius 3 is 2.56 bits per heavy atom. The highest BCUT2D eigenvalue weighted by Crippen LogP contribution is 2.37. The molecule has 3 aromatic rings. The molecule has 0 radical (unpaired) electrons. The number of rotatable bonds is 5. The number of aliphatic imine (C=N–C) groups is 1. The zero-order valence-electron chi connectivity index (χ0n) is 17.9. The first-order chi connectivity index (χ1) is 15.4. The molecule has 1 aliphatic rings. The fourth-order valence-electron chi connectivity index (χ4n) is 3.89. The first-order valence-electron chi connectivity index (χ1n) is 10.6. The van der Waals surface area contributed by atoms with Crippen LogP contribution in [0.3, 0.4) is 0 Å². The summed E-state index contributed by atoms with van der Waals surface area (Å²) >= 11 is 0. The Hall–Kier alpha value is -3.59. The number of piperidine rings is 1. The molecule has 0 saturated carbocycles. The molecule has 1 fully saturated rings. The predicted octanol–water partition coefficient (Wildman–Crippen LogP) is 3.00. The lowest BCUT2D eigenvalue weighted by Crippen LogP contribution is -2.37. The van der Waals surface area contributed by atoms with Crippen molar-refractivity contribution in [3.8, 4) is 22.4 Å². The van der Waals surface area contributed by atoms with Crippen molar-refractivity contribution in [1.82, 2.24) is 19.9 Å². The van der Waals surface area contributed by atoms with Crippen molar-refractivity contribution in [2.45, 2.75) is 26.2 Å². The molecular weight excluding hydrogens is 409 g/mol. The molecule has 3 heterocycles. The van der Waals surface area contributed by atoms with Crippen LogP contribution in [-0.2, 0) is 0 Å². The van der Waals surface area contributed by atoms with Crippen LogP contribution < -0.4 is 17.0 Å². The van der Waals surface area contributed by atoms with Crippen LogP contribution in [0.4, 0.5) is 16.2 Å². The van der Waals surface area contributed by atoms with Gasteiger partial charge in [-0.05, 0) is 63.2 Å². The van der Waals surface area contributed by atoms with Crippen molar-refractivity contribution >= 4 is 17.6 Å². The topological polar surface area (TPSA) is 126 Å². The predicted molar refractivity (Wildman–Crippen MR) is 124 cm³/mol. The second-order valence-corrected chi connectivity index (χ2v) is 7.98. The SMILES string of the molecule is Cc1cc(-c2c(N=C(N)CN3CCCCC3)nc(N)nc2-c2ccc(F)cc2)c[nH]c1=O. The van der Waals surface area contributed by atoms with E-state index < -0.39 is 0 Å². The van der Waals surface area contributed by atoms with E-state index in [1.54, 1.807) is 31.3 Å². The van der Waals surface area contributed by atoms with E-state index in [0.29, 0.717) is 46.1 Å². The molecule has 0 unspecified atom stereocenters. The third-order valence-electron chi connectivity index (χ3n) is 5.49. The lowest BCUT2D eigenvalue weighted by atomic mass is 10.00. The van der Waals surface area contributed by atoms with E-state index in [-0.39, 0.29) is 17.3 Å². The molecule has 0 aliphatic carbocycles. The molecule has 1 aromatic carbocycles. The Morgan fingerprint density at radius 2 is 1.88 bits per heavy atom. The Labute approximate surface area is 185 Å². The molecule has 5 N–H and O–H groups in total. The second-order valence-electron chi connectivity index (χ2n) is 7.98. The number of amidine groups is 1. The van der Waals surface area contributed by atoms with E-state index >= 15 is 0 Å². The number of pyridine rings is 1. The number of H-pyrrole nitrogens is 1. The van der Waals surface area contributed by atoms with E-state index in [0.717, 1.165) is 25.9 Å². The largest absolute Gasteiger partial charge is 0.386 e. The summed E-state index contributed by atoms with van der Waals surface area (Å²) in [7, 11) is 0. The highest BCUT2D eigenvalue weighted by molar-refractivity contribution is 5.92. The lowest BCUT2D eigenvalue weighted by molar-refractivity contribution is 0.258. The highest BCUT2D eigenvalue weighted by Gasteiger charge is 2.19. The minimum Gasteiger partial charge on any atom is -0.386 e. The van der Waals surface area contributed by atoms with Crippen molar-refractivity contribution in [2.75, 3.05) is 25.4 Å². The molecule has 0 amide bonds. The van der Waals surface area contributed by atoms with Crippen LogP contribution in [0.5, 0.6) is 0 Å². The number of halogens is 1. The number of nitrogens with zero attached hydrogens (tertiary/aromatic N) is 4. The summed E-state index contributed by atoms with van der Waals surface area (Å²) in [5.41, 5.74) is 15.0. The number of aryl methyl sites for hydroxylation is 1. The van der Waals surface area contributed by atoms with E-state index in [9.17, 15) is 9.18 Å². The highest BCUT2D eigenvalue weighted by atomic mass is 19.1. The van der Waals surface area contributed by atoms with Crippen LogP contribution in [-0.4, -0.2) is 45.3 Å². The summed E-state index contributed by atoms with van der Waals surface area (Å²) in [6, 6.07) is 7.67. The minimum atomic E-state index is -0.360. The average molecular weight is 436 g/mol. The van der Waals surface area contributed by atoms with E-state index in [2.05, 4.69) is 24.8 Å². The van der Waals surface area contributed by atoms with Crippen molar-refractivity contribution in [3.05, 3.63) is 58.3 Å². The number of aromatic amines is 1. The Kier molecular flexibility index (Phi) is 6.27. The molecule has 1 aliphatic heterocycles. The Balaban J connectivity index is 1.86. The van der Waals surface area contributed by atoms with Crippen LogP contribution in [0.25, 0.3) is 22.4 Å². The molecular formula is C23H26FN7O. The summed E-state index contributed by atoms with van der Waals surface area (Å²) < 4.78 is 13.5. The van der Waals surface area contributed by atoms with Gasteiger partial charge in [-0.1, -0.05) is 6.42 Å². The standard InChI is InChI=1S/C23H26FN7O/c1-14-11-16(12-27-22(14)32)19-20(15-5-7-17(24)8-6-15)29-23(26)30-21(19)28-18(25)13-31-9-3-2-4-10-31/h5-8,11-12H,2-4,9-10,13H2,1H3,(H,27,32)(H4,25,26,28,29,30). The molecule has 0 bridgehead atoms. The number of nitrogen functional groups attached to an aromatic ring is 1. The normalized spacial score (nSPS) is 15.1. The number of anilines is 1. The van der Waals surface area contributed by atoms with Gasteiger partial charge in [-0.15, -0.1) is 0 Å². The maximum Gasteiger partial charge on any atom is 0.250 e. The average Bonchev–Trinajstić information content (AvgIpc) is 2.76. The van der Waals surface area contributed by atoms with Crippen molar-refractivity contribution in [2.24, 2.45) is 10.7 Å². The van der Waals surface area contributed by atoms with Crippen LogP contribution in [0, 0.1) is 12.7 Å². The summed E-state index contributed by atoms with van der Waals surface area (Å²) in [4.78, 5) is 30.3. The van der Waals surface area contributed by atoms with Gasteiger partial charge in [0, 0.05) is 22.9 Å². The minimum absolute atomic E-state index is 0.0266. The first-order valence-corrected chi connectivity index (χ1v) is 10.6. The number of hydrogen-bond acceptors (Lipinski definition) is 6.